The molecule has 4 saturated carbocycles. The van der Waals surface area contributed by atoms with Gasteiger partial charge in [0.15, 0.2) is 12.3 Å². The van der Waals surface area contributed by atoms with Crippen molar-refractivity contribution in [2.75, 3.05) is 6.61 Å². The number of amides is 1. The minimum absolute atomic E-state index is 0.0214. The maximum atomic E-state index is 12.4. The number of primary amides is 1. The number of hydrogen-bond acceptors (Lipinski definition) is 5. The number of hydrogen-bond donors (Lipinski definition) is 1. The molecule has 28 heavy (non-hydrogen) atoms. The summed E-state index contributed by atoms with van der Waals surface area (Å²) in [7, 11) is 0. The highest BCUT2D eigenvalue weighted by Crippen LogP contribution is 2.61. The molecule has 5 aliphatic rings. The van der Waals surface area contributed by atoms with E-state index in [1.807, 2.05) is 12.1 Å². The highest BCUT2D eigenvalue weighted by molar-refractivity contribution is 6.09. The van der Waals surface area contributed by atoms with E-state index in [0.717, 1.165) is 42.6 Å². The topological polar surface area (TPSA) is 91.0 Å². The Balaban J connectivity index is 1.35. The van der Waals surface area contributed by atoms with Crippen LogP contribution < -0.4 is 10.5 Å². The van der Waals surface area contributed by atoms with Crippen LogP contribution in [0, 0.1) is 23.2 Å². The predicted octanol–water partition coefficient (Wildman–Crippen LogP) is 3.06. The highest BCUT2D eigenvalue weighted by atomic mass is 16.6. The van der Waals surface area contributed by atoms with Crippen LogP contribution in [0.1, 0.15) is 44.1 Å². The van der Waals surface area contributed by atoms with E-state index in [2.05, 4.69) is 4.99 Å². The minimum atomic E-state index is -0.522. The Morgan fingerprint density at radius 3 is 2.32 bits per heavy atom. The first kappa shape index (κ1) is 17.5. The number of cyclic esters (lactones) is 1. The molecule has 0 atom stereocenters. The number of benzene rings is 1. The number of aliphatic imine (C=N–C) groups is 1. The lowest BCUT2D eigenvalue weighted by molar-refractivity contribution is -0.131. The number of esters is 1. The van der Waals surface area contributed by atoms with Crippen molar-refractivity contribution in [2.45, 2.75) is 38.5 Å². The number of carbonyl (C=O) groups is 2. The van der Waals surface area contributed by atoms with E-state index >= 15 is 0 Å². The molecule has 1 aliphatic heterocycles. The third-order valence-electron chi connectivity index (χ3n) is 6.68. The monoisotopic (exact) mass is 380 g/mol. The van der Waals surface area contributed by atoms with E-state index in [4.69, 9.17) is 15.2 Å². The zero-order valence-electron chi connectivity index (χ0n) is 15.7. The summed E-state index contributed by atoms with van der Waals surface area (Å²) in [5.74, 6) is 2.64. The average molecular weight is 380 g/mol. The third kappa shape index (κ3) is 3.11. The average Bonchev–Trinajstić information content (AvgIpc) is 3.01. The lowest BCUT2D eigenvalue weighted by Gasteiger charge is -2.55. The number of ether oxygens (including phenoxy) is 2. The van der Waals surface area contributed by atoms with Crippen LogP contribution in [0.2, 0.25) is 0 Å². The van der Waals surface area contributed by atoms with Crippen LogP contribution in [-0.4, -0.2) is 24.4 Å². The second kappa shape index (κ2) is 6.47. The third-order valence-corrected chi connectivity index (χ3v) is 6.68. The zero-order valence-corrected chi connectivity index (χ0v) is 15.7. The van der Waals surface area contributed by atoms with Crippen molar-refractivity contribution in [3.63, 3.8) is 0 Å². The molecule has 6 rings (SSSR count). The summed E-state index contributed by atoms with van der Waals surface area (Å²) < 4.78 is 10.9. The molecule has 4 fully saturated rings. The van der Waals surface area contributed by atoms with Gasteiger partial charge in [0.05, 0.1) is 0 Å². The molecule has 0 radical (unpaired) electrons. The molecule has 1 aromatic carbocycles. The summed E-state index contributed by atoms with van der Waals surface area (Å²) >= 11 is 0. The lowest BCUT2D eigenvalue weighted by atomic mass is 9.49. The quantitative estimate of drug-likeness (QED) is 0.628. The fourth-order valence-corrected chi connectivity index (χ4v) is 5.98. The molecule has 6 nitrogen and oxygen atoms in total. The SMILES string of the molecule is NC(=O)COc1ccc(/C=C2\N=C(C34CC5CC(CC(C5)C3)C4)OC2=O)cc1. The molecule has 2 N–H and O–H groups in total. The van der Waals surface area contributed by atoms with E-state index < -0.39 is 5.91 Å². The van der Waals surface area contributed by atoms with Gasteiger partial charge in [-0.15, -0.1) is 0 Å². The molecule has 0 spiro atoms. The molecule has 6 heteroatoms. The molecule has 1 aromatic rings. The number of nitrogens with two attached hydrogens (primary N) is 1. The molecular weight excluding hydrogens is 356 g/mol. The standard InChI is InChI=1S/C22H24N2O4/c23-19(25)12-27-17-3-1-13(2-4-17)8-18-20(26)28-21(24-18)22-9-14-5-15(10-22)7-16(6-14)11-22/h1-4,8,14-16H,5-7,9-12H2,(H2,23,25)/b18-8-. The zero-order chi connectivity index (χ0) is 19.3. The van der Waals surface area contributed by atoms with Crippen LogP contribution in [0.5, 0.6) is 5.75 Å². The smallest absolute Gasteiger partial charge is 0.363 e. The number of rotatable bonds is 5. The van der Waals surface area contributed by atoms with E-state index in [-0.39, 0.29) is 18.0 Å². The van der Waals surface area contributed by atoms with Crippen molar-refractivity contribution in [1.82, 2.24) is 0 Å². The van der Waals surface area contributed by atoms with Crippen molar-refractivity contribution in [1.29, 1.82) is 0 Å². The molecule has 4 aliphatic carbocycles. The second-order valence-electron chi connectivity index (χ2n) is 8.86. The molecule has 146 valence electrons. The molecular formula is C22H24N2O4. The van der Waals surface area contributed by atoms with Gasteiger partial charge >= 0.3 is 5.97 Å². The van der Waals surface area contributed by atoms with Gasteiger partial charge in [0.25, 0.3) is 5.91 Å². The molecule has 0 aromatic heterocycles. The molecule has 0 unspecified atom stereocenters. The van der Waals surface area contributed by atoms with Crippen LogP contribution >= 0.6 is 0 Å². The van der Waals surface area contributed by atoms with E-state index in [1.165, 1.54) is 19.3 Å². The van der Waals surface area contributed by atoms with Gasteiger partial charge in [0.2, 0.25) is 5.90 Å². The summed E-state index contributed by atoms with van der Waals surface area (Å²) in [6.45, 7) is -0.161. The molecule has 4 bridgehead atoms. The van der Waals surface area contributed by atoms with Crippen molar-refractivity contribution in [2.24, 2.45) is 33.9 Å². The van der Waals surface area contributed by atoms with Gasteiger partial charge in [-0.05, 0) is 80.1 Å². The van der Waals surface area contributed by atoms with Gasteiger partial charge in [0.1, 0.15) is 5.75 Å². The summed E-state index contributed by atoms with van der Waals surface area (Å²) in [5, 5.41) is 0. The van der Waals surface area contributed by atoms with Gasteiger partial charge in [-0.25, -0.2) is 9.79 Å². The van der Waals surface area contributed by atoms with Gasteiger partial charge < -0.3 is 15.2 Å². The number of nitrogens with zero attached hydrogens (tertiary/aromatic N) is 1. The van der Waals surface area contributed by atoms with Gasteiger partial charge in [0, 0.05) is 5.41 Å². The summed E-state index contributed by atoms with van der Waals surface area (Å²) in [4.78, 5) is 27.9. The summed E-state index contributed by atoms with van der Waals surface area (Å²) in [6.07, 6.45) is 9.11. The maximum Gasteiger partial charge on any atom is 0.363 e. The number of carbonyl (C=O) groups excluding carboxylic acids is 2. The van der Waals surface area contributed by atoms with Crippen molar-refractivity contribution in [3.8, 4) is 5.75 Å². The van der Waals surface area contributed by atoms with E-state index in [1.54, 1.807) is 18.2 Å². The molecule has 1 heterocycles. The fourth-order valence-electron chi connectivity index (χ4n) is 5.98. The fraction of sp³-hybridized carbons (Fsp3) is 0.500. The first-order valence-corrected chi connectivity index (χ1v) is 10.0. The Labute approximate surface area is 163 Å². The maximum absolute atomic E-state index is 12.4. The first-order valence-electron chi connectivity index (χ1n) is 10.0. The Morgan fingerprint density at radius 1 is 1.14 bits per heavy atom. The van der Waals surface area contributed by atoms with E-state index in [0.29, 0.717) is 17.3 Å². The second-order valence-corrected chi connectivity index (χ2v) is 8.86. The lowest BCUT2D eigenvalue weighted by Crippen LogP contribution is -2.50. The minimum Gasteiger partial charge on any atom is -0.484 e. The van der Waals surface area contributed by atoms with Crippen LogP contribution in [0.25, 0.3) is 6.08 Å². The van der Waals surface area contributed by atoms with Crippen LogP contribution in [0.3, 0.4) is 0 Å². The van der Waals surface area contributed by atoms with Crippen molar-refractivity contribution < 1.29 is 19.1 Å². The van der Waals surface area contributed by atoms with Crippen LogP contribution in [0.15, 0.2) is 35.0 Å². The van der Waals surface area contributed by atoms with E-state index in [9.17, 15) is 9.59 Å². The van der Waals surface area contributed by atoms with Gasteiger partial charge in [-0.3, -0.25) is 4.79 Å². The Morgan fingerprint density at radius 2 is 1.75 bits per heavy atom. The molecule has 1 amide bonds. The highest BCUT2D eigenvalue weighted by Gasteiger charge is 2.55. The summed E-state index contributed by atoms with van der Waals surface area (Å²) in [5.41, 5.74) is 6.24. The van der Waals surface area contributed by atoms with Gasteiger partial charge in [-0.1, -0.05) is 12.1 Å². The summed E-state index contributed by atoms with van der Waals surface area (Å²) in [6, 6.07) is 7.10. The Bertz CT molecular complexity index is 849. The van der Waals surface area contributed by atoms with Crippen LogP contribution in [0.4, 0.5) is 0 Å². The Kier molecular flexibility index (Phi) is 4.03. The largest absolute Gasteiger partial charge is 0.484 e. The van der Waals surface area contributed by atoms with Crippen LogP contribution in [-0.2, 0) is 14.3 Å². The van der Waals surface area contributed by atoms with Crippen molar-refractivity contribution in [3.05, 3.63) is 35.5 Å². The Hall–Kier alpha value is -2.63. The first-order chi connectivity index (χ1) is 13.5. The van der Waals surface area contributed by atoms with Gasteiger partial charge in [-0.2, -0.15) is 0 Å². The molecule has 0 saturated heterocycles. The normalized spacial score (nSPS) is 34.4. The predicted molar refractivity (Wildman–Crippen MR) is 103 cm³/mol. The van der Waals surface area contributed by atoms with Crippen molar-refractivity contribution >= 4 is 23.9 Å².